The molecule has 1 saturated heterocycles. The summed E-state index contributed by atoms with van der Waals surface area (Å²) in [6, 6.07) is 9.54. The molecule has 2 aromatic rings. The first kappa shape index (κ1) is 17.4. The Labute approximate surface area is 147 Å². The summed E-state index contributed by atoms with van der Waals surface area (Å²) < 4.78 is 11.4. The van der Waals surface area contributed by atoms with Crippen LogP contribution in [0.5, 0.6) is 0 Å². The van der Waals surface area contributed by atoms with Crippen LogP contribution in [0.1, 0.15) is 26.2 Å². The molecule has 1 aliphatic rings. The van der Waals surface area contributed by atoms with Crippen molar-refractivity contribution in [2.45, 2.75) is 32.3 Å². The minimum Gasteiger partial charge on any atom is -0.421 e. The van der Waals surface area contributed by atoms with E-state index in [1.165, 1.54) is 0 Å². The molecule has 1 fully saturated rings. The maximum atomic E-state index is 12.3. The number of benzene rings is 1. The molecule has 25 heavy (non-hydrogen) atoms. The minimum atomic E-state index is -0.257. The predicted molar refractivity (Wildman–Crippen MR) is 93.1 cm³/mol. The smallest absolute Gasteiger partial charge is 0.317 e. The summed E-state index contributed by atoms with van der Waals surface area (Å²) in [7, 11) is 0. The van der Waals surface area contributed by atoms with Gasteiger partial charge in [0.15, 0.2) is 0 Å². The monoisotopic (exact) mass is 344 g/mol. The molecule has 0 aliphatic carbocycles. The van der Waals surface area contributed by atoms with Crippen LogP contribution in [0.15, 0.2) is 34.7 Å². The number of nitrogens with one attached hydrogen (secondary N) is 1. The summed E-state index contributed by atoms with van der Waals surface area (Å²) >= 11 is 0. The Kier molecular flexibility index (Phi) is 5.33. The van der Waals surface area contributed by atoms with Crippen molar-refractivity contribution < 1.29 is 13.9 Å². The standard InChI is InChI=1S/C18H24N4O3/c1-3-18(2)13-22(11-12-24-18)17(23)19-10-9-15-20-21-16(25-15)14-7-5-4-6-8-14/h4-8H,3,9-13H2,1-2H3,(H,19,23)/t18-/m0/s1. The Bertz CT molecular complexity index is 703. The Morgan fingerprint density at radius 3 is 2.88 bits per heavy atom. The molecule has 2 heterocycles. The summed E-state index contributed by atoms with van der Waals surface area (Å²) in [6.45, 7) is 6.35. The second-order valence-electron chi connectivity index (χ2n) is 6.42. The highest BCUT2D eigenvalue weighted by Crippen LogP contribution is 2.21. The summed E-state index contributed by atoms with van der Waals surface area (Å²) in [5.41, 5.74) is 0.629. The quantitative estimate of drug-likeness (QED) is 0.901. The van der Waals surface area contributed by atoms with E-state index in [0.717, 1.165) is 12.0 Å². The van der Waals surface area contributed by atoms with Crippen LogP contribution >= 0.6 is 0 Å². The van der Waals surface area contributed by atoms with Gasteiger partial charge in [-0.3, -0.25) is 0 Å². The van der Waals surface area contributed by atoms with E-state index in [1.54, 1.807) is 4.90 Å². The number of morpholine rings is 1. The fraction of sp³-hybridized carbons (Fsp3) is 0.500. The molecule has 1 aromatic heterocycles. The summed E-state index contributed by atoms with van der Waals surface area (Å²) in [4.78, 5) is 14.1. The Morgan fingerprint density at radius 2 is 2.12 bits per heavy atom. The van der Waals surface area contributed by atoms with Crippen LogP contribution in [-0.4, -0.2) is 53.0 Å². The van der Waals surface area contributed by atoms with Crippen LogP contribution in [0.25, 0.3) is 11.5 Å². The molecule has 1 aromatic carbocycles. The highest BCUT2D eigenvalue weighted by molar-refractivity contribution is 5.74. The SMILES string of the molecule is CC[C@@]1(C)CN(C(=O)NCCc2nnc(-c3ccccc3)o2)CCO1. The van der Waals surface area contributed by atoms with E-state index in [-0.39, 0.29) is 11.6 Å². The molecule has 134 valence electrons. The lowest BCUT2D eigenvalue weighted by molar-refractivity contribution is -0.0872. The fourth-order valence-electron chi connectivity index (χ4n) is 2.76. The van der Waals surface area contributed by atoms with E-state index in [9.17, 15) is 4.79 Å². The van der Waals surface area contributed by atoms with Crippen molar-refractivity contribution in [1.82, 2.24) is 20.4 Å². The lowest BCUT2D eigenvalue weighted by Crippen LogP contribution is -2.54. The number of amides is 2. The third-order valence-electron chi connectivity index (χ3n) is 4.47. The van der Waals surface area contributed by atoms with Crippen molar-refractivity contribution in [3.63, 3.8) is 0 Å². The van der Waals surface area contributed by atoms with Gasteiger partial charge in [0.1, 0.15) is 0 Å². The van der Waals surface area contributed by atoms with Crippen molar-refractivity contribution in [3.05, 3.63) is 36.2 Å². The molecule has 1 N–H and O–H groups in total. The molecule has 1 aliphatic heterocycles. The summed E-state index contributed by atoms with van der Waals surface area (Å²) in [5.74, 6) is 1.01. The van der Waals surface area contributed by atoms with Crippen LogP contribution in [0.4, 0.5) is 4.79 Å². The number of nitrogens with zero attached hydrogens (tertiary/aromatic N) is 3. The van der Waals surface area contributed by atoms with E-state index in [4.69, 9.17) is 9.15 Å². The normalized spacial score (nSPS) is 20.5. The Hall–Kier alpha value is -2.41. The van der Waals surface area contributed by atoms with E-state index in [0.29, 0.717) is 44.4 Å². The molecule has 1 atom stereocenters. The molecule has 0 radical (unpaired) electrons. The number of aromatic nitrogens is 2. The summed E-state index contributed by atoms with van der Waals surface area (Å²) in [5, 5.41) is 11.0. The van der Waals surface area contributed by atoms with Gasteiger partial charge >= 0.3 is 6.03 Å². The first-order valence-electron chi connectivity index (χ1n) is 8.64. The fourth-order valence-corrected chi connectivity index (χ4v) is 2.76. The highest BCUT2D eigenvalue weighted by Gasteiger charge is 2.32. The van der Waals surface area contributed by atoms with Crippen molar-refractivity contribution >= 4 is 6.03 Å². The molecular weight excluding hydrogens is 320 g/mol. The molecule has 0 bridgehead atoms. The summed E-state index contributed by atoms with van der Waals surface area (Å²) in [6.07, 6.45) is 1.38. The van der Waals surface area contributed by atoms with Crippen LogP contribution in [0.2, 0.25) is 0 Å². The first-order chi connectivity index (χ1) is 12.1. The highest BCUT2D eigenvalue weighted by atomic mass is 16.5. The van der Waals surface area contributed by atoms with Crippen molar-refractivity contribution in [2.24, 2.45) is 0 Å². The molecule has 0 saturated carbocycles. The average molecular weight is 344 g/mol. The average Bonchev–Trinajstić information content (AvgIpc) is 3.11. The number of carbonyl (C=O) groups excluding carboxylic acids is 1. The Morgan fingerprint density at radius 1 is 1.32 bits per heavy atom. The number of carbonyl (C=O) groups is 1. The van der Waals surface area contributed by atoms with Gasteiger partial charge in [-0.15, -0.1) is 10.2 Å². The van der Waals surface area contributed by atoms with Gasteiger partial charge in [0, 0.05) is 25.1 Å². The van der Waals surface area contributed by atoms with Crippen LogP contribution in [-0.2, 0) is 11.2 Å². The van der Waals surface area contributed by atoms with Gasteiger partial charge in [-0.25, -0.2) is 4.79 Å². The van der Waals surface area contributed by atoms with Crippen molar-refractivity contribution in [3.8, 4) is 11.5 Å². The molecule has 2 amide bonds. The first-order valence-corrected chi connectivity index (χ1v) is 8.64. The van der Waals surface area contributed by atoms with E-state index < -0.39 is 0 Å². The zero-order valence-electron chi connectivity index (χ0n) is 14.7. The zero-order chi connectivity index (χ0) is 17.7. The van der Waals surface area contributed by atoms with E-state index in [2.05, 4.69) is 22.4 Å². The zero-order valence-corrected chi connectivity index (χ0v) is 14.7. The number of rotatable bonds is 5. The molecule has 0 unspecified atom stereocenters. The van der Waals surface area contributed by atoms with Crippen molar-refractivity contribution in [2.75, 3.05) is 26.2 Å². The minimum absolute atomic E-state index is 0.0780. The third kappa shape index (κ3) is 4.36. The van der Waals surface area contributed by atoms with Crippen molar-refractivity contribution in [1.29, 1.82) is 0 Å². The number of hydrogen-bond acceptors (Lipinski definition) is 5. The van der Waals surface area contributed by atoms with Gasteiger partial charge in [-0.2, -0.15) is 0 Å². The molecular formula is C18H24N4O3. The number of ether oxygens (including phenoxy) is 1. The third-order valence-corrected chi connectivity index (χ3v) is 4.47. The van der Waals surface area contributed by atoms with Gasteiger partial charge in [0.05, 0.1) is 18.8 Å². The van der Waals surface area contributed by atoms with Crippen LogP contribution < -0.4 is 5.32 Å². The predicted octanol–water partition coefficient (Wildman–Crippen LogP) is 2.49. The maximum Gasteiger partial charge on any atom is 0.317 e. The topological polar surface area (TPSA) is 80.5 Å². The second-order valence-corrected chi connectivity index (χ2v) is 6.42. The van der Waals surface area contributed by atoms with Gasteiger partial charge < -0.3 is 19.4 Å². The van der Waals surface area contributed by atoms with Gasteiger partial charge in [-0.05, 0) is 25.5 Å². The molecule has 3 rings (SSSR count). The number of hydrogen-bond donors (Lipinski definition) is 1. The van der Waals surface area contributed by atoms with Crippen LogP contribution in [0.3, 0.4) is 0 Å². The van der Waals surface area contributed by atoms with Gasteiger partial charge in [0.2, 0.25) is 11.8 Å². The molecule has 0 spiro atoms. The molecule has 7 heteroatoms. The second kappa shape index (κ2) is 7.65. The van der Waals surface area contributed by atoms with Gasteiger partial charge in [-0.1, -0.05) is 25.1 Å². The Balaban J connectivity index is 1.48. The lowest BCUT2D eigenvalue weighted by Gasteiger charge is -2.39. The lowest BCUT2D eigenvalue weighted by atomic mass is 10.0. The van der Waals surface area contributed by atoms with E-state index in [1.807, 2.05) is 37.3 Å². The molecule has 7 nitrogen and oxygen atoms in total. The van der Waals surface area contributed by atoms with Crippen LogP contribution in [0, 0.1) is 0 Å². The van der Waals surface area contributed by atoms with E-state index >= 15 is 0 Å². The van der Waals surface area contributed by atoms with Gasteiger partial charge in [0.25, 0.3) is 0 Å². The number of urea groups is 1. The largest absolute Gasteiger partial charge is 0.421 e. The maximum absolute atomic E-state index is 12.3.